The van der Waals surface area contributed by atoms with Crippen LogP contribution in [0.5, 0.6) is 0 Å². The lowest BCUT2D eigenvalue weighted by Crippen LogP contribution is -2.30. The van der Waals surface area contributed by atoms with Crippen molar-refractivity contribution >= 4 is 35.8 Å². The molecular formula is C64H84N2O11. The molecule has 8 rings (SSSR count). The zero-order chi connectivity index (χ0) is 55.3. The number of carbonyl (C=O) groups is 6. The molecule has 2 saturated carbocycles. The van der Waals surface area contributed by atoms with Gasteiger partial charge in [0.25, 0.3) is 0 Å². The van der Waals surface area contributed by atoms with Crippen LogP contribution in [0.3, 0.4) is 0 Å². The number of alkyl carbamates (subject to hydrolysis) is 1. The van der Waals surface area contributed by atoms with Crippen molar-refractivity contribution in [3.63, 3.8) is 0 Å². The van der Waals surface area contributed by atoms with Gasteiger partial charge in [0.1, 0.15) is 24.6 Å². The minimum atomic E-state index is -0.814. The van der Waals surface area contributed by atoms with Crippen LogP contribution in [0, 0.1) is 10.8 Å². The second-order valence-electron chi connectivity index (χ2n) is 22.5. The Balaban J connectivity index is 0.000000202. The number of hydrogen-bond donors (Lipinski definition) is 4. The molecule has 77 heavy (non-hydrogen) atoms. The molecule has 13 heteroatoms. The third kappa shape index (κ3) is 17.3. The molecule has 0 unspecified atom stereocenters. The number of unbranched alkanes of at least 4 members (excludes halogenated alkanes) is 6. The molecule has 4 aromatic carbocycles. The smallest absolute Gasteiger partial charge is 0.407 e. The summed E-state index contributed by atoms with van der Waals surface area (Å²) in [6, 6.07) is 33.4. The van der Waals surface area contributed by atoms with Gasteiger partial charge < -0.3 is 35.5 Å². The summed E-state index contributed by atoms with van der Waals surface area (Å²) in [5.41, 5.74) is 13.7. The SMILES string of the molecule is CC(C)(C)OC(=O)CCC1(C(=O)O)CCCC1.NCCCCCNC(=O)OCC1c2ccccc2-c2ccccc21.O=C(O)CCC1(C(=O)CCCCCCCC(=O)OCC2c3ccccc3-c3ccccc32)CCCC1. The summed E-state index contributed by atoms with van der Waals surface area (Å²) in [6.45, 7) is 7.51. The summed E-state index contributed by atoms with van der Waals surface area (Å²) in [7, 11) is 0. The lowest BCUT2D eigenvalue weighted by atomic mass is 9.76. The van der Waals surface area contributed by atoms with Crippen LogP contribution >= 0.6 is 0 Å². The number of esters is 2. The zero-order valence-electron chi connectivity index (χ0n) is 45.9. The molecule has 0 saturated heterocycles. The molecule has 0 heterocycles. The van der Waals surface area contributed by atoms with Crippen LogP contribution in [0.25, 0.3) is 22.3 Å². The van der Waals surface area contributed by atoms with Crippen molar-refractivity contribution in [1.29, 1.82) is 0 Å². The average Bonchev–Trinajstić information content (AvgIpc) is 4.26. The largest absolute Gasteiger partial charge is 0.481 e. The Morgan fingerprint density at radius 2 is 0.961 bits per heavy atom. The maximum Gasteiger partial charge on any atom is 0.407 e. The monoisotopic (exact) mass is 1060 g/mol. The Hall–Kier alpha value is -6.34. The van der Waals surface area contributed by atoms with E-state index in [9.17, 15) is 33.9 Å². The molecule has 4 aliphatic rings. The number of fused-ring (bicyclic) bond motifs is 6. The number of ether oxygens (including phenoxy) is 3. The molecule has 0 atom stereocenters. The van der Waals surface area contributed by atoms with Crippen molar-refractivity contribution in [3.8, 4) is 22.3 Å². The van der Waals surface area contributed by atoms with Gasteiger partial charge in [-0.2, -0.15) is 0 Å². The van der Waals surface area contributed by atoms with E-state index in [1.165, 1.54) is 44.5 Å². The minimum absolute atomic E-state index is 0.0849. The highest BCUT2D eigenvalue weighted by molar-refractivity contribution is 5.86. The number of aliphatic carboxylic acids is 2. The van der Waals surface area contributed by atoms with Crippen LogP contribution in [-0.2, 0) is 38.2 Å². The molecule has 0 spiro atoms. The van der Waals surface area contributed by atoms with Gasteiger partial charge in [-0.25, -0.2) is 4.79 Å². The van der Waals surface area contributed by atoms with E-state index >= 15 is 0 Å². The van der Waals surface area contributed by atoms with Gasteiger partial charge >= 0.3 is 30.0 Å². The van der Waals surface area contributed by atoms with Crippen LogP contribution in [0.1, 0.15) is 196 Å². The molecule has 4 aromatic rings. The van der Waals surface area contributed by atoms with Crippen LogP contribution in [0.2, 0.25) is 0 Å². The Kier molecular flexibility index (Phi) is 22.9. The fraction of sp³-hybridized carbons (Fsp3) is 0.531. The van der Waals surface area contributed by atoms with Crippen molar-refractivity contribution < 1.29 is 53.2 Å². The molecule has 0 radical (unpaired) electrons. The zero-order valence-corrected chi connectivity index (χ0v) is 45.9. The summed E-state index contributed by atoms with van der Waals surface area (Å²) in [5, 5.41) is 21.1. The molecule has 0 aromatic heterocycles. The highest BCUT2D eigenvalue weighted by Crippen LogP contribution is 2.47. The minimum Gasteiger partial charge on any atom is -0.481 e. The number of carboxylic acids is 2. The van der Waals surface area contributed by atoms with Gasteiger partial charge in [0.15, 0.2) is 0 Å². The number of carbonyl (C=O) groups excluding carboxylic acids is 4. The molecule has 416 valence electrons. The van der Waals surface area contributed by atoms with Crippen LogP contribution in [0.15, 0.2) is 97.1 Å². The van der Waals surface area contributed by atoms with E-state index in [2.05, 4.69) is 53.8 Å². The Labute approximate surface area is 456 Å². The summed E-state index contributed by atoms with van der Waals surface area (Å²) in [6.07, 6.45) is 16.3. The number of ketones is 1. The predicted molar refractivity (Wildman–Crippen MR) is 299 cm³/mol. The Morgan fingerprint density at radius 3 is 1.43 bits per heavy atom. The second kappa shape index (κ2) is 29.4. The van der Waals surface area contributed by atoms with Crippen molar-refractivity contribution in [2.45, 2.75) is 179 Å². The third-order valence-corrected chi connectivity index (χ3v) is 15.9. The lowest BCUT2D eigenvalue weighted by Gasteiger charge is -2.26. The summed E-state index contributed by atoms with van der Waals surface area (Å²) in [5.74, 6) is -1.56. The number of nitrogens with one attached hydrogen (secondary N) is 1. The van der Waals surface area contributed by atoms with Gasteiger partial charge in [0, 0.05) is 49.5 Å². The number of benzene rings is 4. The highest BCUT2D eigenvalue weighted by Gasteiger charge is 2.42. The topological polar surface area (TPSA) is 209 Å². The van der Waals surface area contributed by atoms with E-state index in [0.29, 0.717) is 64.8 Å². The van der Waals surface area contributed by atoms with Gasteiger partial charge in [-0.3, -0.25) is 24.0 Å². The fourth-order valence-corrected chi connectivity index (χ4v) is 11.7. The van der Waals surface area contributed by atoms with E-state index in [0.717, 1.165) is 89.9 Å². The summed E-state index contributed by atoms with van der Waals surface area (Å²) < 4.78 is 16.3. The van der Waals surface area contributed by atoms with E-state index in [-0.39, 0.29) is 53.9 Å². The van der Waals surface area contributed by atoms with Crippen LogP contribution in [0.4, 0.5) is 4.79 Å². The van der Waals surface area contributed by atoms with Crippen molar-refractivity contribution in [2.24, 2.45) is 16.6 Å². The van der Waals surface area contributed by atoms with Crippen LogP contribution in [-0.4, -0.2) is 77.9 Å². The van der Waals surface area contributed by atoms with Crippen molar-refractivity contribution in [3.05, 3.63) is 119 Å². The van der Waals surface area contributed by atoms with Crippen LogP contribution < -0.4 is 11.1 Å². The van der Waals surface area contributed by atoms with Gasteiger partial charge in [-0.1, -0.05) is 148 Å². The maximum absolute atomic E-state index is 12.8. The first-order chi connectivity index (χ1) is 37.1. The van der Waals surface area contributed by atoms with E-state index in [4.69, 9.17) is 25.1 Å². The van der Waals surface area contributed by atoms with Crippen molar-refractivity contribution in [1.82, 2.24) is 5.32 Å². The molecule has 2 fully saturated rings. The standard InChI is InChI=1S/C31H38O5.C20H24N2O2.C13H22O4/c32-28(31(19-10-11-20-31)21-18-29(33)34)16-4-2-1-3-5-17-30(35)36-22-27-25-14-8-6-12-23(25)24-13-7-9-15-26(24)27;21-12-6-1-7-13-22-20(23)24-14-19-17-10-4-2-8-15(17)16-9-3-5-11-18(16)19;1-12(2,3)17-10(14)6-9-13(11(15)16)7-4-5-8-13/h6-9,12-15,27H,1-5,10-11,16-22H2,(H,33,34);2-5,8-11,19H,1,6-7,12-14,21H2,(H,22,23);4-9H2,1-3H3,(H,15,16). The molecule has 13 nitrogen and oxygen atoms in total. The number of amides is 1. The lowest BCUT2D eigenvalue weighted by molar-refractivity contribution is -0.157. The number of carboxylic acid groups (broad SMARTS) is 2. The van der Waals surface area contributed by atoms with Gasteiger partial charge in [0.2, 0.25) is 0 Å². The average molecular weight is 1060 g/mol. The highest BCUT2D eigenvalue weighted by atomic mass is 16.6. The molecule has 0 bridgehead atoms. The number of rotatable bonds is 25. The van der Waals surface area contributed by atoms with Gasteiger partial charge in [-0.15, -0.1) is 0 Å². The molecule has 5 N–H and O–H groups in total. The first kappa shape index (κ1) is 59.9. The Morgan fingerprint density at radius 1 is 0.532 bits per heavy atom. The second-order valence-corrected chi connectivity index (χ2v) is 22.5. The third-order valence-electron chi connectivity index (χ3n) is 15.9. The summed E-state index contributed by atoms with van der Waals surface area (Å²) in [4.78, 5) is 70.9. The first-order valence-electron chi connectivity index (χ1n) is 28.4. The molecule has 1 amide bonds. The van der Waals surface area contributed by atoms with Crippen molar-refractivity contribution in [2.75, 3.05) is 26.3 Å². The first-order valence-corrected chi connectivity index (χ1v) is 28.4. The normalized spacial score (nSPS) is 15.5. The number of nitrogens with two attached hydrogens (primary N) is 1. The van der Waals surface area contributed by atoms with E-state index < -0.39 is 23.0 Å². The number of Topliss-reactive ketones (excluding diaryl/α,β-unsaturated/α-hetero) is 1. The molecule has 4 aliphatic carbocycles. The fourth-order valence-electron chi connectivity index (χ4n) is 11.7. The summed E-state index contributed by atoms with van der Waals surface area (Å²) >= 11 is 0. The quantitative estimate of drug-likeness (QED) is 0.0278. The Bertz CT molecular complexity index is 2500. The maximum atomic E-state index is 12.8. The number of hydrogen-bond acceptors (Lipinski definition) is 10. The molecule has 0 aliphatic heterocycles. The van der Waals surface area contributed by atoms with Gasteiger partial charge in [0.05, 0.1) is 5.41 Å². The van der Waals surface area contributed by atoms with Gasteiger partial charge in [-0.05, 0) is 136 Å². The molecular weight excluding hydrogens is 973 g/mol. The van der Waals surface area contributed by atoms with E-state index in [1.807, 2.05) is 69.3 Å². The van der Waals surface area contributed by atoms with E-state index in [1.54, 1.807) is 0 Å². The predicted octanol–water partition coefficient (Wildman–Crippen LogP) is 13.5.